The zero-order chi connectivity index (χ0) is 31.3. The first kappa shape index (κ1) is 32.8. The molecule has 0 radical (unpaired) electrons. The van der Waals surface area contributed by atoms with E-state index in [9.17, 15) is 23.5 Å². The highest BCUT2D eigenvalue weighted by atomic mass is 19.4. The van der Waals surface area contributed by atoms with Gasteiger partial charge in [-0.25, -0.2) is 0 Å². The van der Waals surface area contributed by atoms with Crippen molar-refractivity contribution >= 4 is 6.21 Å². The van der Waals surface area contributed by atoms with E-state index in [0.717, 1.165) is 62.2 Å². The number of allylic oxidation sites excluding steroid dienone is 2. The van der Waals surface area contributed by atoms with E-state index in [4.69, 9.17) is 4.74 Å². The van der Waals surface area contributed by atoms with Gasteiger partial charge in [0.2, 0.25) is 0 Å². The number of hydrogen-bond acceptors (Lipinski definition) is 7. The number of hydrogen-bond donors (Lipinski definition) is 4. The van der Waals surface area contributed by atoms with E-state index in [-0.39, 0.29) is 30.0 Å². The van der Waals surface area contributed by atoms with Gasteiger partial charge in [-0.15, -0.1) is 0 Å². The normalized spacial score (nSPS) is 32.8. The van der Waals surface area contributed by atoms with Crippen LogP contribution in [0.3, 0.4) is 0 Å². The number of halogens is 3. The predicted molar refractivity (Wildman–Crippen MR) is 165 cm³/mol. The fraction of sp³-hybridized carbons (Fsp3) is 0.706. The van der Waals surface area contributed by atoms with Crippen molar-refractivity contribution in [3.8, 4) is 11.8 Å². The summed E-state index contributed by atoms with van der Waals surface area (Å²) >= 11 is 0. The minimum Gasteiger partial charge on any atom is -0.484 e. The van der Waals surface area contributed by atoms with Crippen molar-refractivity contribution in [2.45, 2.75) is 103 Å². The Kier molecular flexibility index (Phi) is 10.6. The Balaban J connectivity index is 1.11. The Labute approximate surface area is 259 Å². The molecule has 242 valence electrons. The highest BCUT2D eigenvalue weighted by Crippen LogP contribution is 2.59. The summed E-state index contributed by atoms with van der Waals surface area (Å²) in [4.78, 5) is 4.49. The molecule has 0 aromatic heterocycles. The number of rotatable bonds is 13. The number of nitrogens with one attached hydrogen (secondary N) is 3. The van der Waals surface area contributed by atoms with Crippen molar-refractivity contribution in [3.63, 3.8) is 0 Å². The van der Waals surface area contributed by atoms with Gasteiger partial charge in [-0.1, -0.05) is 18.2 Å². The third-order valence-electron chi connectivity index (χ3n) is 10.5. The Bertz CT molecular complexity index is 1200. The summed E-state index contributed by atoms with van der Waals surface area (Å²) in [7, 11) is 0. The minimum atomic E-state index is -4.40. The van der Waals surface area contributed by atoms with E-state index in [1.54, 1.807) is 24.4 Å². The summed E-state index contributed by atoms with van der Waals surface area (Å²) in [5.41, 5.74) is 2.18. The van der Waals surface area contributed by atoms with Crippen LogP contribution in [0.2, 0.25) is 0 Å². The molecule has 5 aliphatic carbocycles. The molecule has 5 saturated carbocycles. The second-order valence-corrected chi connectivity index (χ2v) is 13.9. The lowest BCUT2D eigenvalue weighted by molar-refractivity contribution is -0.153. The summed E-state index contributed by atoms with van der Waals surface area (Å²) in [5, 5.41) is 30.5. The third-order valence-corrected chi connectivity index (χ3v) is 10.5. The van der Waals surface area contributed by atoms with Crippen LogP contribution in [-0.2, 0) is 6.54 Å². The molecule has 1 aromatic rings. The molecule has 4 N–H and O–H groups in total. The number of aliphatic hydroxyl groups is 1. The molecule has 7 nitrogen and oxygen atoms in total. The zero-order valence-corrected chi connectivity index (χ0v) is 26.0. The lowest BCUT2D eigenvalue weighted by atomic mass is 9.48. The number of benzene rings is 1. The number of nitriles is 1. The van der Waals surface area contributed by atoms with Gasteiger partial charge in [-0.05, 0) is 113 Å². The maximum atomic E-state index is 12.6. The monoisotopic (exact) mass is 615 g/mol. The van der Waals surface area contributed by atoms with Gasteiger partial charge in [0, 0.05) is 36.6 Å². The van der Waals surface area contributed by atoms with Crippen LogP contribution in [0, 0.1) is 40.4 Å². The van der Waals surface area contributed by atoms with Crippen molar-refractivity contribution in [2.24, 2.45) is 34.1 Å². The average molecular weight is 616 g/mol. The molecule has 0 aliphatic heterocycles. The van der Waals surface area contributed by atoms with Crippen LogP contribution >= 0.6 is 0 Å². The summed E-state index contributed by atoms with van der Waals surface area (Å²) < 4.78 is 42.8. The van der Waals surface area contributed by atoms with E-state index in [1.165, 1.54) is 38.2 Å². The maximum Gasteiger partial charge on any atom is 0.422 e. The molecule has 3 atom stereocenters. The molecule has 10 heteroatoms. The van der Waals surface area contributed by atoms with Crippen molar-refractivity contribution in [3.05, 3.63) is 41.1 Å². The lowest BCUT2D eigenvalue weighted by Crippen LogP contribution is -2.60. The van der Waals surface area contributed by atoms with Crippen LogP contribution in [0.15, 0.2) is 40.5 Å². The molecule has 5 fully saturated rings. The molecular formula is C34H48F3N5O2. The molecule has 4 bridgehead atoms. The summed E-state index contributed by atoms with van der Waals surface area (Å²) in [6.07, 6.45) is 7.24. The average Bonchev–Trinajstić information content (AvgIpc) is 2.98. The molecule has 0 amide bonds. The van der Waals surface area contributed by atoms with E-state index in [2.05, 4.69) is 27.0 Å². The smallest absolute Gasteiger partial charge is 0.422 e. The van der Waals surface area contributed by atoms with Crippen LogP contribution in [0.4, 0.5) is 13.2 Å². The second kappa shape index (κ2) is 14.2. The van der Waals surface area contributed by atoms with Crippen molar-refractivity contribution in [2.75, 3.05) is 19.7 Å². The van der Waals surface area contributed by atoms with Crippen LogP contribution in [-0.4, -0.2) is 55.5 Å². The number of aliphatic imine (C=N–C) groups is 1. The SMILES string of the molecule is C/C(NCC12CC3CC(C1)C(NCC1CCC(O)CC1)C(C3)C2)=C(C#N)\C=N/C(C)NCc1ccccc1OCC(F)(F)F. The van der Waals surface area contributed by atoms with Gasteiger partial charge in [0.25, 0.3) is 0 Å². The molecule has 3 unspecified atom stereocenters. The molecule has 6 rings (SSSR count). The molecule has 0 saturated heterocycles. The zero-order valence-electron chi connectivity index (χ0n) is 26.0. The van der Waals surface area contributed by atoms with E-state index in [0.29, 0.717) is 23.1 Å². The van der Waals surface area contributed by atoms with E-state index in [1.807, 2.05) is 13.8 Å². The van der Waals surface area contributed by atoms with E-state index < -0.39 is 12.8 Å². The van der Waals surface area contributed by atoms with Gasteiger partial charge < -0.3 is 20.5 Å². The Morgan fingerprint density at radius 3 is 2.55 bits per heavy atom. The van der Waals surface area contributed by atoms with Crippen molar-refractivity contribution < 1.29 is 23.0 Å². The van der Waals surface area contributed by atoms with E-state index >= 15 is 0 Å². The first-order chi connectivity index (χ1) is 21.0. The third kappa shape index (κ3) is 8.55. The quantitative estimate of drug-likeness (QED) is 0.164. The largest absolute Gasteiger partial charge is 0.484 e. The minimum absolute atomic E-state index is 0.101. The van der Waals surface area contributed by atoms with Gasteiger partial charge in [-0.3, -0.25) is 10.3 Å². The van der Waals surface area contributed by atoms with Crippen molar-refractivity contribution in [1.82, 2.24) is 16.0 Å². The summed E-state index contributed by atoms with van der Waals surface area (Å²) in [6.45, 7) is 4.67. The molecule has 0 heterocycles. The lowest BCUT2D eigenvalue weighted by Gasteiger charge is -2.60. The topological polar surface area (TPSA) is 102 Å². The Hall–Kier alpha value is -2.61. The highest BCUT2D eigenvalue weighted by molar-refractivity contribution is 5.84. The van der Waals surface area contributed by atoms with Crippen LogP contribution in [0.5, 0.6) is 5.75 Å². The van der Waals surface area contributed by atoms with Gasteiger partial charge in [0.1, 0.15) is 11.8 Å². The number of nitrogens with zero attached hydrogens (tertiary/aromatic N) is 2. The Morgan fingerprint density at radius 2 is 1.86 bits per heavy atom. The summed E-state index contributed by atoms with van der Waals surface area (Å²) in [6, 6.07) is 9.52. The van der Waals surface area contributed by atoms with Gasteiger partial charge in [0.05, 0.1) is 17.8 Å². The fourth-order valence-electron chi connectivity index (χ4n) is 8.47. The molecule has 1 aromatic carbocycles. The predicted octanol–water partition coefficient (Wildman–Crippen LogP) is 5.86. The van der Waals surface area contributed by atoms with Crippen LogP contribution in [0.25, 0.3) is 0 Å². The van der Waals surface area contributed by atoms with Gasteiger partial charge in [-0.2, -0.15) is 18.4 Å². The standard InChI is InChI=1S/C34H48F3N5O2/c1-22(29(16-38)19-40-23(2)39-18-26-5-3-4-6-31(26)44-21-34(35,36)37)42-20-33-13-25-11-27(14-33)32(28(12-25)15-33)41-17-24-7-9-30(43)10-8-24/h3-6,19,23-25,27-28,30,32,39,41-43H,7-15,17-18,20-21H2,1-2H3/b29-22+,40-19-. The van der Waals surface area contributed by atoms with Crippen LogP contribution < -0.4 is 20.7 Å². The fourth-order valence-corrected chi connectivity index (χ4v) is 8.47. The molecule has 0 spiro atoms. The molecule has 44 heavy (non-hydrogen) atoms. The first-order valence-corrected chi connectivity index (χ1v) is 16.3. The number of alkyl halides is 3. The Morgan fingerprint density at radius 1 is 1.16 bits per heavy atom. The van der Waals surface area contributed by atoms with Gasteiger partial charge >= 0.3 is 6.18 Å². The second-order valence-electron chi connectivity index (χ2n) is 13.9. The number of aliphatic hydroxyl groups excluding tert-OH is 1. The molecule has 5 aliphatic rings. The van der Waals surface area contributed by atoms with Crippen LogP contribution in [0.1, 0.15) is 77.2 Å². The number of ether oxygens (including phenoxy) is 1. The highest BCUT2D eigenvalue weighted by Gasteiger charge is 2.55. The number of para-hydroxylation sites is 1. The first-order valence-electron chi connectivity index (χ1n) is 16.3. The maximum absolute atomic E-state index is 12.6. The summed E-state index contributed by atoms with van der Waals surface area (Å²) in [5.74, 6) is 3.11. The van der Waals surface area contributed by atoms with Gasteiger partial charge in [0.15, 0.2) is 6.61 Å². The molecular weight excluding hydrogens is 567 g/mol. The van der Waals surface area contributed by atoms with Crippen molar-refractivity contribution in [1.29, 1.82) is 5.26 Å².